The van der Waals surface area contributed by atoms with Gasteiger partial charge in [-0.2, -0.15) is 11.8 Å². The van der Waals surface area contributed by atoms with Crippen molar-refractivity contribution in [1.29, 1.82) is 0 Å². The van der Waals surface area contributed by atoms with E-state index in [0.717, 1.165) is 23.3 Å². The third-order valence-electron chi connectivity index (χ3n) is 6.09. The first-order chi connectivity index (χ1) is 17.5. The molecule has 6 heteroatoms. The molecule has 0 radical (unpaired) electrons. The molecule has 2 amide bonds. The molecule has 2 unspecified atom stereocenters. The number of benzene rings is 3. The van der Waals surface area contributed by atoms with E-state index in [1.807, 2.05) is 86.6 Å². The van der Waals surface area contributed by atoms with Crippen LogP contribution in [0.3, 0.4) is 0 Å². The number of hydrogen-bond acceptors (Lipinski definition) is 3. The normalized spacial score (nSPS) is 12.5. The van der Waals surface area contributed by atoms with Crippen LogP contribution < -0.4 is 5.32 Å². The van der Waals surface area contributed by atoms with Crippen LogP contribution in [0, 0.1) is 0 Å². The third-order valence-corrected chi connectivity index (χ3v) is 7.35. The van der Waals surface area contributed by atoms with Crippen molar-refractivity contribution in [3.8, 4) is 0 Å². The molecule has 4 nitrogen and oxygen atoms in total. The van der Waals surface area contributed by atoms with E-state index in [2.05, 4.69) is 17.4 Å². The molecule has 0 bridgehead atoms. The molecule has 0 spiro atoms. The van der Waals surface area contributed by atoms with Crippen LogP contribution in [0.2, 0.25) is 5.02 Å². The zero-order valence-corrected chi connectivity index (χ0v) is 22.6. The van der Waals surface area contributed by atoms with Crippen LogP contribution in [0.5, 0.6) is 0 Å². The number of carbonyl (C=O) groups is 2. The Bertz CT molecular complexity index is 1090. The molecular formula is C30H35ClN2O2S. The van der Waals surface area contributed by atoms with Crippen molar-refractivity contribution in [1.82, 2.24) is 10.2 Å². The van der Waals surface area contributed by atoms with Gasteiger partial charge in [-0.25, -0.2) is 0 Å². The first-order valence-corrected chi connectivity index (χ1v) is 14.0. The van der Waals surface area contributed by atoms with Gasteiger partial charge in [-0.15, -0.1) is 0 Å². The summed E-state index contributed by atoms with van der Waals surface area (Å²) >= 11 is 7.97. The van der Waals surface area contributed by atoms with E-state index in [-0.39, 0.29) is 17.9 Å². The number of halogens is 1. The van der Waals surface area contributed by atoms with Crippen molar-refractivity contribution < 1.29 is 9.59 Å². The lowest BCUT2D eigenvalue weighted by Gasteiger charge is -2.32. The highest BCUT2D eigenvalue weighted by molar-refractivity contribution is 7.98. The molecule has 0 heterocycles. The number of amides is 2. The van der Waals surface area contributed by atoms with Crippen molar-refractivity contribution in [2.24, 2.45) is 0 Å². The van der Waals surface area contributed by atoms with E-state index in [9.17, 15) is 9.59 Å². The summed E-state index contributed by atoms with van der Waals surface area (Å²) in [6.07, 6.45) is 1.63. The van der Waals surface area contributed by atoms with Crippen LogP contribution in [-0.4, -0.2) is 34.6 Å². The Hall–Kier alpha value is -2.76. The van der Waals surface area contributed by atoms with Crippen LogP contribution in [0.4, 0.5) is 0 Å². The van der Waals surface area contributed by atoms with Gasteiger partial charge in [-0.3, -0.25) is 9.59 Å². The minimum absolute atomic E-state index is 0.0281. The van der Waals surface area contributed by atoms with Crippen molar-refractivity contribution in [2.75, 3.05) is 5.75 Å². The predicted octanol–water partition coefficient (Wildman–Crippen LogP) is 6.52. The van der Waals surface area contributed by atoms with Gasteiger partial charge in [0.05, 0.1) is 0 Å². The number of rotatable bonds is 13. The Morgan fingerprint density at radius 3 is 2.19 bits per heavy atom. The lowest BCUT2D eigenvalue weighted by molar-refractivity contribution is -0.141. The highest BCUT2D eigenvalue weighted by Gasteiger charge is 2.30. The highest BCUT2D eigenvalue weighted by Crippen LogP contribution is 2.20. The topological polar surface area (TPSA) is 49.4 Å². The molecule has 0 fully saturated rings. The minimum Gasteiger partial charge on any atom is -0.352 e. The van der Waals surface area contributed by atoms with E-state index >= 15 is 0 Å². The second-order valence-corrected chi connectivity index (χ2v) is 10.5. The number of thioether (sulfide) groups is 1. The SMILES string of the molecule is CCC(C)NC(=O)C(Cc1ccccc1)N(Cc1cccc(Cl)c1)C(=O)CCSCc1ccccc1. The molecule has 0 saturated carbocycles. The smallest absolute Gasteiger partial charge is 0.243 e. The Labute approximate surface area is 224 Å². The lowest BCUT2D eigenvalue weighted by Crippen LogP contribution is -2.52. The maximum atomic E-state index is 13.6. The summed E-state index contributed by atoms with van der Waals surface area (Å²) in [5.41, 5.74) is 3.16. The van der Waals surface area contributed by atoms with Gasteiger partial charge in [-0.1, -0.05) is 91.3 Å². The van der Waals surface area contributed by atoms with Crippen molar-refractivity contribution >= 4 is 35.2 Å². The summed E-state index contributed by atoms with van der Waals surface area (Å²) < 4.78 is 0. The van der Waals surface area contributed by atoms with Crippen molar-refractivity contribution in [3.63, 3.8) is 0 Å². The fraction of sp³-hybridized carbons (Fsp3) is 0.333. The van der Waals surface area contributed by atoms with Crippen molar-refractivity contribution in [2.45, 2.75) is 57.5 Å². The molecule has 3 rings (SSSR count). The molecule has 0 aliphatic heterocycles. The third kappa shape index (κ3) is 9.03. The van der Waals surface area contributed by atoms with Crippen LogP contribution in [0.1, 0.15) is 43.4 Å². The van der Waals surface area contributed by atoms with E-state index in [0.29, 0.717) is 30.2 Å². The van der Waals surface area contributed by atoms with E-state index in [1.54, 1.807) is 16.7 Å². The molecule has 0 aliphatic rings. The second-order valence-electron chi connectivity index (χ2n) is 8.96. The first kappa shape index (κ1) is 27.8. The molecule has 1 N–H and O–H groups in total. The Morgan fingerprint density at radius 2 is 1.56 bits per heavy atom. The van der Waals surface area contributed by atoms with Gasteiger partial charge in [0.25, 0.3) is 0 Å². The van der Waals surface area contributed by atoms with Gasteiger partial charge in [0.2, 0.25) is 11.8 Å². The molecule has 190 valence electrons. The van der Waals surface area contributed by atoms with Crippen LogP contribution >= 0.6 is 23.4 Å². The largest absolute Gasteiger partial charge is 0.352 e. The first-order valence-electron chi connectivity index (χ1n) is 12.5. The highest BCUT2D eigenvalue weighted by atomic mass is 35.5. The quantitative estimate of drug-likeness (QED) is 0.260. The van der Waals surface area contributed by atoms with Gasteiger partial charge in [0, 0.05) is 42.0 Å². The molecule has 0 saturated heterocycles. The van der Waals surface area contributed by atoms with E-state index in [4.69, 9.17) is 11.6 Å². The number of hydrogen-bond donors (Lipinski definition) is 1. The number of nitrogens with one attached hydrogen (secondary N) is 1. The monoisotopic (exact) mass is 522 g/mol. The molecule has 36 heavy (non-hydrogen) atoms. The van der Waals surface area contributed by atoms with Crippen LogP contribution in [-0.2, 0) is 28.3 Å². The Balaban J connectivity index is 1.80. The Kier molecular flexibility index (Phi) is 11.4. The maximum absolute atomic E-state index is 13.6. The summed E-state index contributed by atoms with van der Waals surface area (Å²) in [6.45, 7) is 4.35. The maximum Gasteiger partial charge on any atom is 0.243 e. The fourth-order valence-corrected chi connectivity index (χ4v) is 5.00. The number of nitrogens with zero attached hydrogens (tertiary/aromatic N) is 1. The van der Waals surface area contributed by atoms with Gasteiger partial charge in [0.15, 0.2) is 0 Å². The number of carbonyl (C=O) groups excluding carboxylic acids is 2. The standard InChI is InChI=1S/C30H35ClN2O2S/c1-3-23(2)32-30(35)28(20-24-11-6-4-7-12-24)33(21-26-15-10-16-27(31)19-26)29(34)17-18-36-22-25-13-8-5-9-14-25/h4-16,19,23,28H,3,17-18,20-22H2,1-2H3,(H,32,35). The van der Waals surface area contributed by atoms with Crippen LogP contribution in [0.15, 0.2) is 84.9 Å². The van der Waals surface area contributed by atoms with Gasteiger partial charge in [0.1, 0.15) is 6.04 Å². The minimum atomic E-state index is -0.619. The summed E-state index contributed by atoms with van der Waals surface area (Å²) in [5.74, 6) is 1.38. The van der Waals surface area contributed by atoms with Gasteiger partial charge < -0.3 is 10.2 Å². The van der Waals surface area contributed by atoms with E-state index < -0.39 is 6.04 Å². The molecule has 2 atom stereocenters. The summed E-state index contributed by atoms with van der Waals surface area (Å²) in [7, 11) is 0. The average molecular weight is 523 g/mol. The summed E-state index contributed by atoms with van der Waals surface area (Å²) in [4.78, 5) is 28.9. The average Bonchev–Trinajstić information content (AvgIpc) is 2.89. The molecule has 3 aromatic rings. The molecule has 3 aromatic carbocycles. The van der Waals surface area contributed by atoms with Crippen LogP contribution in [0.25, 0.3) is 0 Å². The second kappa shape index (κ2) is 14.7. The molecule has 0 aromatic heterocycles. The predicted molar refractivity (Wildman–Crippen MR) is 151 cm³/mol. The summed E-state index contributed by atoms with van der Waals surface area (Å²) in [6, 6.07) is 27.0. The molecule has 0 aliphatic carbocycles. The van der Waals surface area contributed by atoms with Gasteiger partial charge >= 0.3 is 0 Å². The van der Waals surface area contributed by atoms with Crippen molar-refractivity contribution in [3.05, 3.63) is 107 Å². The zero-order chi connectivity index (χ0) is 25.8. The lowest BCUT2D eigenvalue weighted by atomic mass is 10.0. The fourth-order valence-electron chi connectivity index (χ4n) is 3.89. The van der Waals surface area contributed by atoms with E-state index in [1.165, 1.54) is 5.56 Å². The zero-order valence-electron chi connectivity index (χ0n) is 21.0. The summed E-state index contributed by atoms with van der Waals surface area (Å²) in [5, 5.41) is 3.72. The Morgan fingerprint density at radius 1 is 0.917 bits per heavy atom. The van der Waals surface area contributed by atoms with Gasteiger partial charge in [-0.05, 0) is 42.2 Å². The molecular weight excluding hydrogens is 488 g/mol.